The van der Waals surface area contributed by atoms with Crippen LogP contribution in [0.4, 0.5) is 0 Å². The van der Waals surface area contributed by atoms with Crippen LogP contribution >= 0.6 is 0 Å². The Bertz CT molecular complexity index is 1350. The molecule has 1 N–H and O–H groups in total. The van der Waals surface area contributed by atoms with Crippen LogP contribution in [0.1, 0.15) is 18.2 Å². The van der Waals surface area contributed by atoms with Gasteiger partial charge in [0.05, 0.1) is 11.2 Å². The number of aromatic amines is 1. The molecule has 0 aliphatic heterocycles. The Kier molecular flexibility index (Phi) is 3.51. The fraction of sp³-hybridized carbons (Fsp3) is 0.0400. The smallest absolute Gasteiger partial charge is 0.0541 e. The lowest BCUT2D eigenvalue weighted by molar-refractivity contribution is 1.11. The Balaban J connectivity index is 1.88. The summed E-state index contributed by atoms with van der Waals surface area (Å²) < 4.78 is 2.30. The van der Waals surface area contributed by atoms with Crippen molar-refractivity contribution in [2.45, 2.75) is 6.92 Å². The zero-order valence-corrected chi connectivity index (χ0v) is 15.2. The van der Waals surface area contributed by atoms with Gasteiger partial charge in [-0.15, -0.1) is 0 Å². The first-order chi connectivity index (χ1) is 13.3. The molecule has 0 saturated carbocycles. The summed E-state index contributed by atoms with van der Waals surface area (Å²) in [5, 5.41) is 3.73. The van der Waals surface area contributed by atoms with E-state index in [9.17, 15) is 0 Å². The van der Waals surface area contributed by atoms with Crippen molar-refractivity contribution < 1.29 is 0 Å². The first kappa shape index (κ1) is 15.7. The molecular formula is C25H20N2. The number of para-hydroxylation sites is 2. The number of hydrogen-bond acceptors (Lipinski definition) is 0. The molecule has 2 heterocycles. The van der Waals surface area contributed by atoms with Gasteiger partial charge in [0, 0.05) is 38.4 Å². The number of aromatic nitrogens is 2. The highest BCUT2D eigenvalue weighted by Crippen LogP contribution is 2.34. The van der Waals surface area contributed by atoms with Crippen molar-refractivity contribution in [3.05, 3.63) is 90.6 Å². The van der Waals surface area contributed by atoms with E-state index < -0.39 is 0 Å². The monoisotopic (exact) mass is 348 g/mol. The number of allylic oxidation sites excluding steroid dienone is 1. The van der Waals surface area contributed by atoms with Crippen molar-refractivity contribution in [1.82, 2.24) is 9.55 Å². The van der Waals surface area contributed by atoms with E-state index in [1.165, 1.54) is 32.8 Å². The van der Waals surface area contributed by atoms with E-state index in [1.54, 1.807) is 0 Å². The molecular weight excluding hydrogens is 328 g/mol. The predicted molar refractivity (Wildman–Crippen MR) is 117 cm³/mol. The number of rotatable bonds is 3. The fourth-order valence-corrected chi connectivity index (χ4v) is 4.08. The van der Waals surface area contributed by atoms with Gasteiger partial charge in [-0.2, -0.15) is 0 Å². The van der Waals surface area contributed by atoms with Crippen LogP contribution in [-0.2, 0) is 0 Å². The molecule has 0 bridgehead atoms. The molecule has 0 fully saturated rings. The second kappa shape index (κ2) is 6.03. The quantitative estimate of drug-likeness (QED) is 0.364. The summed E-state index contributed by atoms with van der Waals surface area (Å²) in [5.74, 6) is 0. The molecule has 130 valence electrons. The summed E-state index contributed by atoms with van der Waals surface area (Å²) in [6, 6.07) is 23.6. The van der Waals surface area contributed by atoms with E-state index in [2.05, 4.69) is 102 Å². The zero-order chi connectivity index (χ0) is 18.4. The van der Waals surface area contributed by atoms with Crippen LogP contribution in [0, 0.1) is 0 Å². The highest BCUT2D eigenvalue weighted by Gasteiger charge is 2.15. The summed E-state index contributed by atoms with van der Waals surface area (Å²) in [7, 11) is 0. The molecule has 3 aromatic carbocycles. The van der Waals surface area contributed by atoms with Gasteiger partial charge in [-0.25, -0.2) is 0 Å². The minimum absolute atomic E-state index is 1.12. The predicted octanol–water partition coefficient (Wildman–Crippen LogP) is 6.94. The van der Waals surface area contributed by atoms with Gasteiger partial charge >= 0.3 is 0 Å². The van der Waals surface area contributed by atoms with E-state index in [1.807, 2.05) is 6.08 Å². The van der Waals surface area contributed by atoms with Crippen LogP contribution in [0.5, 0.6) is 0 Å². The number of H-pyrrole nitrogens is 1. The average Bonchev–Trinajstić information content (AvgIpc) is 3.23. The lowest BCUT2D eigenvalue weighted by atomic mass is 10.1. The van der Waals surface area contributed by atoms with Crippen molar-refractivity contribution in [1.29, 1.82) is 0 Å². The highest BCUT2D eigenvalue weighted by molar-refractivity contribution is 6.08. The molecule has 0 unspecified atom stereocenters. The van der Waals surface area contributed by atoms with Crippen molar-refractivity contribution >= 4 is 44.9 Å². The largest absolute Gasteiger partial charge is 0.355 e. The van der Waals surface area contributed by atoms with Crippen molar-refractivity contribution in [2.75, 3.05) is 0 Å². The SMILES string of the molecule is C=Cc1c(/C=C\C)c2ccccc2n1-c1ccc2[nH]c3ccccc3c2c1. The summed E-state index contributed by atoms with van der Waals surface area (Å²) in [5.41, 5.74) is 7.00. The van der Waals surface area contributed by atoms with Crippen LogP contribution in [0.3, 0.4) is 0 Å². The number of fused-ring (bicyclic) bond motifs is 4. The van der Waals surface area contributed by atoms with Gasteiger partial charge in [0.15, 0.2) is 0 Å². The topological polar surface area (TPSA) is 20.7 Å². The molecule has 0 saturated heterocycles. The first-order valence-electron chi connectivity index (χ1n) is 9.21. The molecule has 5 aromatic rings. The van der Waals surface area contributed by atoms with Crippen LogP contribution in [-0.4, -0.2) is 9.55 Å². The van der Waals surface area contributed by atoms with Gasteiger partial charge in [-0.1, -0.05) is 55.1 Å². The summed E-state index contributed by atoms with van der Waals surface area (Å²) in [6.45, 7) is 6.15. The minimum atomic E-state index is 1.12. The Labute approximate surface area is 158 Å². The third kappa shape index (κ3) is 2.27. The first-order valence-corrected chi connectivity index (χ1v) is 9.21. The van der Waals surface area contributed by atoms with Crippen LogP contribution in [0.15, 0.2) is 79.4 Å². The van der Waals surface area contributed by atoms with Gasteiger partial charge in [-0.3, -0.25) is 0 Å². The maximum absolute atomic E-state index is 4.10. The Morgan fingerprint density at radius 3 is 2.41 bits per heavy atom. The van der Waals surface area contributed by atoms with Crippen molar-refractivity contribution in [2.24, 2.45) is 0 Å². The van der Waals surface area contributed by atoms with Crippen molar-refractivity contribution in [3.63, 3.8) is 0 Å². The number of nitrogens with zero attached hydrogens (tertiary/aromatic N) is 1. The molecule has 2 nitrogen and oxygen atoms in total. The molecule has 0 aliphatic carbocycles. The van der Waals surface area contributed by atoms with Gasteiger partial charge in [0.25, 0.3) is 0 Å². The lowest BCUT2D eigenvalue weighted by Crippen LogP contribution is -1.96. The average molecular weight is 348 g/mol. The van der Waals surface area contributed by atoms with Gasteiger partial charge in [-0.05, 0) is 43.3 Å². The molecule has 27 heavy (non-hydrogen) atoms. The van der Waals surface area contributed by atoms with E-state index in [0.29, 0.717) is 0 Å². The van der Waals surface area contributed by atoms with E-state index in [0.717, 1.165) is 16.9 Å². The lowest BCUT2D eigenvalue weighted by Gasteiger charge is -2.09. The minimum Gasteiger partial charge on any atom is -0.355 e. The van der Waals surface area contributed by atoms with Gasteiger partial charge in [0.1, 0.15) is 0 Å². The van der Waals surface area contributed by atoms with E-state index in [4.69, 9.17) is 0 Å². The van der Waals surface area contributed by atoms with Crippen molar-refractivity contribution in [3.8, 4) is 5.69 Å². The third-order valence-electron chi connectivity index (χ3n) is 5.23. The molecule has 0 radical (unpaired) electrons. The Hall–Kier alpha value is -3.52. The molecule has 0 spiro atoms. The number of hydrogen-bond donors (Lipinski definition) is 1. The van der Waals surface area contributed by atoms with Gasteiger partial charge < -0.3 is 9.55 Å². The standard InChI is InChI=1S/C25H20N2/c1-3-9-19-20-11-6-8-13-25(20)27(24(19)4-2)17-14-15-23-21(16-17)18-10-5-7-12-22(18)26-23/h3-16,26H,2H2,1H3/b9-3-. The Morgan fingerprint density at radius 2 is 1.59 bits per heavy atom. The second-order valence-corrected chi connectivity index (χ2v) is 6.76. The maximum atomic E-state index is 4.10. The molecule has 2 aromatic heterocycles. The molecule has 0 atom stereocenters. The van der Waals surface area contributed by atoms with Crippen LogP contribution < -0.4 is 0 Å². The van der Waals surface area contributed by atoms with E-state index in [-0.39, 0.29) is 0 Å². The second-order valence-electron chi connectivity index (χ2n) is 6.76. The summed E-state index contributed by atoms with van der Waals surface area (Å²) >= 11 is 0. The van der Waals surface area contributed by atoms with Gasteiger partial charge in [0.2, 0.25) is 0 Å². The highest BCUT2D eigenvalue weighted by atomic mass is 15.0. The van der Waals surface area contributed by atoms with E-state index >= 15 is 0 Å². The maximum Gasteiger partial charge on any atom is 0.0541 e. The molecule has 0 amide bonds. The summed E-state index contributed by atoms with van der Waals surface area (Å²) in [4.78, 5) is 3.51. The van der Waals surface area contributed by atoms with Crippen LogP contribution in [0.2, 0.25) is 0 Å². The number of benzene rings is 3. The normalized spacial score (nSPS) is 11.9. The summed E-state index contributed by atoms with van der Waals surface area (Å²) in [6.07, 6.45) is 6.21. The third-order valence-corrected chi connectivity index (χ3v) is 5.23. The molecule has 0 aliphatic rings. The van der Waals surface area contributed by atoms with Crippen LogP contribution in [0.25, 0.3) is 50.5 Å². The Morgan fingerprint density at radius 1 is 0.852 bits per heavy atom. The number of nitrogens with one attached hydrogen (secondary N) is 1. The fourth-order valence-electron chi connectivity index (χ4n) is 4.08. The zero-order valence-electron chi connectivity index (χ0n) is 15.2. The molecule has 2 heteroatoms. The molecule has 5 rings (SSSR count).